The number of likely N-dealkylation sites (N-methyl/N-ethyl adjacent to an activating group) is 1. The Balaban J connectivity index is 2.50. The highest BCUT2D eigenvalue weighted by atomic mass is 32.1. The Bertz CT molecular complexity index is 586. The van der Waals surface area contributed by atoms with E-state index in [1.165, 1.54) is 18.4 Å². The van der Waals surface area contributed by atoms with Crippen molar-refractivity contribution >= 4 is 35.0 Å². The standard InChI is InChI=1S/C15H21N3O5S/c1-9(2)13(18-14(21)10-5-4-6-24-10)15(22)23-8-12(20)17-7-11(19)16-3/h4-6,9,13H,7-8H2,1-3H3,(H,16,19)(H,17,20)(H,18,21)/t13-/m1/s1. The Hall–Kier alpha value is -2.42. The van der Waals surface area contributed by atoms with Crippen LogP contribution in [0.25, 0.3) is 0 Å². The Morgan fingerprint density at radius 3 is 2.46 bits per heavy atom. The molecular formula is C15H21N3O5S. The van der Waals surface area contributed by atoms with Gasteiger partial charge in [-0.3, -0.25) is 14.4 Å². The number of nitrogens with one attached hydrogen (secondary N) is 3. The van der Waals surface area contributed by atoms with Gasteiger partial charge in [0.1, 0.15) is 6.04 Å². The number of hydrogen-bond donors (Lipinski definition) is 3. The lowest BCUT2D eigenvalue weighted by molar-refractivity contribution is -0.151. The van der Waals surface area contributed by atoms with Crippen LogP contribution in [0, 0.1) is 5.92 Å². The minimum absolute atomic E-state index is 0.199. The Morgan fingerprint density at radius 1 is 1.21 bits per heavy atom. The summed E-state index contributed by atoms with van der Waals surface area (Å²) in [5.41, 5.74) is 0. The first kappa shape index (κ1) is 19.6. The highest BCUT2D eigenvalue weighted by Gasteiger charge is 2.27. The van der Waals surface area contributed by atoms with Gasteiger partial charge in [0.2, 0.25) is 5.91 Å². The topological polar surface area (TPSA) is 114 Å². The fraction of sp³-hybridized carbons (Fsp3) is 0.467. The van der Waals surface area contributed by atoms with Gasteiger partial charge in [-0.05, 0) is 17.4 Å². The summed E-state index contributed by atoms with van der Waals surface area (Å²) in [5.74, 6) is -2.25. The van der Waals surface area contributed by atoms with Crippen LogP contribution in [0.5, 0.6) is 0 Å². The van der Waals surface area contributed by atoms with Crippen LogP contribution in [0.15, 0.2) is 17.5 Å². The van der Waals surface area contributed by atoms with Gasteiger partial charge >= 0.3 is 5.97 Å². The van der Waals surface area contributed by atoms with Gasteiger partial charge in [0.05, 0.1) is 11.4 Å². The third-order valence-corrected chi connectivity index (χ3v) is 3.89. The summed E-state index contributed by atoms with van der Waals surface area (Å²) in [5, 5.41) is 9.01. The smallest absolute Gasteiger partial charge is 0.329 e. The van der Waals surface area contributed by atoms with Gasteiger partial charge in [-0.1, -0.05) is 19.9 Å². The van der Waals surface area contributed by atoms with Crippen molar-refractivity contribution in [3.63, 3.8) is 0 Å². The van der Waals surface area contributed by atoms with Gasteiger partial charge in [0, 0.05) is 7.05 Å². The lowest BCUT2D eigenvalue weighted by atomic mass is 10.0. The lowest BCUT2D eigenvalue weighted by Crippen LogP contribution is -2.46. The number of rotatable bonds is 8. The van der Waals surface area contributed by atoms with Crippen molar-refractivity contribution in [2.75, 3.05) is 20.2 Å². The van der Waals surface area contributed by atoms with Crippen molar-refractivity contribution in [1.29, 1.82) is 0 Å². The van der Waals surface area contributed by atoms with Crippen LogP contribution < -0.4 is 16.0 Å². The van der Waals surface area contributed by atoms with Crippen LogP contribution in [0.1, 0.15) is 23.5 Å². The van der Waals surface area contributed by atoms with E-state index in [9.17, 15) is 19.2 Å². The van der Waals surface area contributed by atoms with Crippen molar-refractivity contribution in [3.8, 4) is 0 Å². The van der Waals surface area contributed by atoms with Crippen molar-refractivity contribution in [2.45, 2.75) is 19.9 Å². The summed E-state index contributed by atoms with van der Waals surface area (Å²) < 4.78 is 4.92. The summed E-state index contributed by atoms with van der Waals surface area (Å²) in [4.78, 5) is 47.1. The average Bonchev–Trinajstić information content (AvgIpc) is 3.09. The molecule has 132 valence electrons. The SMILES string of the molecule is CNC(=O)CNC(=O)COC(=O)[C@H](NC(=O)c1cccs1)C(C)C. The maximum absolute atomic E-state index is 12.1. The molecule has 0 aliphatic rings. The second kappa shape index (κ2) is 9.66. The normalized spacial score (nSPS) is 11.5. The summed E-state index contributed by atoms with van der Waals surface area (Å²) >= 11 is 1.26. The van der Waals surface area contributed by atoms with Crippen LogP contribution in [0.4, 0.5) is 0 Å². The van der Waals surface area contributed by atoms with E-state index in [1.807, 2.05) is 0 Å². The van der Waals surface area contributed by atoms with Crippen molar-refractivity contribution in [1.82, 2.24) is 16.0 Å². The van der Waals surface area contributed by atoms with Crippen LogP contribution in [0.2, 0.25) is 0 Å². The molecule has 0 bridgehead atoms. The van der Waals surface area contributed by atoms with E-state index in [4.69, 9.17) is 4.74 Å². The molecule has 0 fully saturated rings. The molecule has 0 spiro atoms. The summed E-state index contributed by atoms with van der Waals surface area (Å²) in [7, 11) is 1.44. The fourth-order valence-corrected chi connectivity index (χ4v) is 2.29. The molecule has 0 unspecified atom stereocenters. The number of hydrogen-bond acceptors (Lipinski definition) is 6. The van der Waals surface area contributed by atoms with Crippen LogP contribution in [-0.4, -0.2) is 49.9 Å². The van der Waals surface area contributed by atoms with Crippen molar-refractivity contribution in [2.24, 2.45) is 5.92 Å². The maximum Gasteiger partial charge on any atom is 0.329 e. The predicted molar refractivity (Wildman–Crippen MR) is 88.4 cm³/mol. The van der Waals surface area contributed by atoms with E-state index in [0.717, 1.165) is 0 Å². The zero-order valence-electron chi connectivity index (χ0n) is 13.8. The quantitative estimate of drug-likeness (QED) is 0.564. The summed E-state index contributed by atoms with van der Waals surface area (Å²) in [6, 6.07) is 2.51. The number of amides is 3. The summed E-state index contributed by atoms with van der Waals surface area (Å²) in [6.07, 6.45) is 0. The molecular weight excluding hydrogens is 334 g/mol. The number of carbonyl (C=O) groups is 4. The highest BCUT2D eigenvalue weighted by molar-refractivity contribution is 7.12. The molecule has 0 saturated carbocycles. The lowest BCUT2D eigenvalue weighted by Gasteiger charge is -2.20. The molecule has 0 aromatic carbocycles. The van der Waals surface area contributed by atoms with Crippen LogP contribution in [-0.2, 0) is 19.1 Å². The minimum atomic E-state index is -0.869. The second-order valence-corrected chi connectivity index (χ2v) is 6.18. The predicted octanol–water partition coefficient (Wildman–Crippen LogP) is -0.0921. The molecule has 3 N–H and O–H groups in total. The van der Waals surface area contributed by atoms with E-state index < -0.39 is 24.5 Å². The number of ether oxygens (including phenoxy) is 1. The second-order valence-electron chi connectivity index (χ2n) is 5.23. The number of esters is 1. The highest BCUT2D eigenvalue weighted by Crippen LogP contribution is 2.11. The van der Waals surface area contributed by atoms with Gasteiger partial charge in [-0.25, -0.2) is 4.79 Å². The first-order valence-corrected chi connectivity index (χ1v) is 8.21. The minimum Gasteiger partial charge on any atom is -0.454 e. The molecule has 1 aromatic rings. The monoisotopic (exact) mass is 355 g/mol. The molecule has 1 atom stereocenters. The molecule has 8 nitrogen and oxygen atoms in total. The zero-order valence-corrected chi connectivity index (χ0v) is 14.6. The van der Waals surface area contributed by atoms with E-state index >= 15 is 0 Å². The van der Waals surface area contributed by atoms with Gasteiger partial charge in [0.25, 0.3) is 11.8 Å². The van der Waals surface area contributed by atoms with E-state index in [0.29, 0.717) is 4.88 Å². The Morgan fingerprint density at radius 2 is 1.92 bits per heavy atom. The van der Waals surface area contributed by atoms with Crippen LogP contribution in [0.3, 0.4) is 0 Å². The molecule has 0 aliphatic carbocycles. The molecule has 3 amide bonds. The molecule has 1 aromatic heterocycles. The zero-order chi connectivity index (χ0) is 18.1. The third kappa shape index (κ3) is 6.37. The molecule has 0 aliphatic heterocycles. The number of thiophene rings is 1. The maximum atomic E-state index is 12.1. The molecule has 1 rings (SSSR count). The van der Waals surface area contributed by atoms with Gasteiger partial charge in [0.15, 0.2) is 6.61 Å². The average molecular weight is 355 g/mol. The van der Waals surface area contributed by atoms with Crippen LogP contribution >= 0.6 is 11.3 Å². The van der Waals surface area contributed by atoms with E-state index in [2.05, 4.69) is 16.0 Å². The van der Waals surface area contributed by atoms with Crippen molar-refractivity contribution < 1.29 is 23.9 Å². The first-order chi connectivity index (χ1) is 11.3. The van der Waals surface area contributed by atoms with Crippen molar-refractivity contribution in [3.05, 3.63) is 22.4 Å². The van der Waals surface area contributed by atoms with Gasteiger partial charge in [-0.15, -0.1) is 11.3 Å². The molecule has 9 heteroatoms. The Kier molecular flexibility index (Phi) is 7.90. The number of carbonyl (C=O) groups excluding carboxylic acids is 4. The largest absolute Gasteiger partial charge is 0.454 e. The molecule has 24 heavy (non-hydrogen) atoms. The van der Waals surface area contributed by atoms with Gasteiger partial charge in [-0.2, -0.15) is 0 Å². The van der Waals surface area contributed by atoms with Gasteiger partial charge < -0.3 is 20.7 Å². The molecule has 1 heterocycles. The van der Waals surface area contributed by atoms with E-state index in [-0.39, 0.29) is 24.3 Å². The first-order valence-electron chi connectivity index (χ1n) is 7.33. The van der Waals surface area contributed by atoms with E-state index in [1.54, 1.807) is 31.4 Å². The Labute approximate surface area is 143 Å². The molecule has 0 radical (unpaired) electrons. The third-order valence-electron chi connectivity index (χ3n) is 3.02. The fourth-order valence-electron chi connectivity index (χ4n) is 1.66. The summed E-state index contributed by atoms with van der Waals surface area (Å²) in [6.45, 7) is 2.79. The molecule has 0 saturated heterocycles.